The van der Waals surface area contributed by atoms with Crippen molar-refractivity contribution in [3.63, 3.8) is 0 Å². The Morgan fingerprint density at radius 3 is 2.55 bits per heavy atom. The van der Waals surface area contributed by atoms with Crippen LogP contribution in [-0.2, 0) is 6.54 Å². The van der Waals surface area contributed by atoms with Crippen LogP contribution in [-0.4, -0.2) is 16.1 Å². The van der Waals surface area contributed by atoms with E-state index in [9.17, 15) is 15.0 Å². The molecule has 0 aliphatic carbocycles. The molecule has 0 atom stereocenters. The Balaban J connectivity index is 2.08. The summed E-state index contributed by atoms with van der Waals surface area (Å²) in [4.78, 5) is 12.0. The van der Waals surface area contributed by atoms with E-state index < -0.39 is 0 Å². The van der Waals surface area contributed by atoms with E-state index in [1.54, 1.807) is 25.1 Å². The summed E-state index contributed by atoms with van der Waals surface area (Å²) in [6, 6.07) is 9.26. The third kappa shape index (κ3) is 3.22. The molecule has 0 unspecified atom stereocenters. The maximum absolute atomic E-state index is 12.0. The highest BCUT2D eigenvalue weighted by Crippen LogP contribution is 2.21. The topological polar surface area (TPSA) is 69.6 Å². The third-order valence-electron chi connectivity index (χ3n) is 2.94. The number of nitrogens with one attached hydrogen (secondary N) is 1. The summed E-state index contributed by atoms with van der Waals surface area (Å²) in [5.74, 6) is -0.0573. The molecule has 0 saturated heterocycles. The minimum absolute atomic E-state index is 0.0802. The van der Waals surface area contributed by atoms with E-state index in [0.29, 0.717) is 21.7 Å². The van der Waals surface area contributed by atoms with E-state index in [-0.39, 0.29) is 24.0 Å². The van der Waals surface area contributed by atoms with Gasteiger partial charge in [0.25, 0.3) is 5.91 Å². The van der Waals surface area contributed by atoms with Crippen molar-refractivity contribution in [3.8, 4) is 11.5 Å². The van der Waals surface area contributed by atoms with E-state index in [4.69, 9.17) is 11.6 Å². The Kier molecular flexibility index (Phi) is 4.15. The molecule has 104 valence electrons. The summed E-state index contributed by atoms with van der Waals surface area (Å²) < 4.78 is 0. The van der Waals surface area contributed by atoms with E-state index in [0.717, 1.165) is 0 Å². The largest absolute Gasteiger partial charge is 0.508 e. The van der Waals surface area contributed by atoms with Crippen LogP contribution < -0.4 is 5.32 Å². The first kappa shape index (κ1) is 14.2. The summed E-state index contributed by atoms with van der Waals surface area (Å²) in [7, 11) is 0. The van der Waals surface area contributed by atoms with Gasteiger partial charge in [-0.15, -0.1) is 0 Å². The molecular weight excluding hydrogens is 278 g/mol. The SMILES string of the molecule is Cc1cc(C(=O)NCc2cc(Cl)ccc2O)ccc1O. The predicted octanol–water partition coefficient (Wildman–Crippen LogP) is 2.99. The normalized spacial score (nSPS) is 10.3. The summed E-state index contributed by atoms with van der Waals surface area (Å²) >= 11 is 5.84. The third-order valence-corrected chi connectivity index (χ3v) is 3.18. The molecule has 0 radical (unpaired) electrons. The van der Waals surface area contributed by atoms with Gasteiger partial charge >= 0.3 is 0 Å². The van der Waals surface area contributed by atoms with Crippen LogP contribution in [0.25, 0.3) is 0 Å². The first-order chi connectivity index (χ1) is 9.47. The van der Waals surface area contributed by atoms with Crippen molar-refractivity contribution >= 4 is 17.5 Å². The zero-order valence-electron chi connectivity index (χ0n) is 10.9. The van der Waals surface area contributed by atoms with Crippen LogP contribution in [0.5, 0.6) is 11.5 Å². The summed E-state index contributed by atoms with van der Waals surface area (Å²) in [5, 5.41) is 22.3. The van der Waals surface area contributed by atoms with Crippen LogP contribution in [0.15, 0.2) is 36.4 Å². The zero-order chi connectivity index (χ0) is 14.7. The Bertz CT molecular complexity index is 656. The number of carbonyl (C=O) groups excluding carboxylic acids is 1. The summed E-state index contributed by atoms with van der Waals surface area (Å²) in [6.45, 7) is 1.89. The summed E-state index contributed by atoms with van der Waals surface area (Å²) in [6.07, 6.45) is 0. The molecule has 3 N–H and O–H groups in total. The first-order valence-electron chi connectivity index (χ1n) is 6.02. The lowest BCUT2D eigenvalue weighted by Crippen LogP contribution is -2.22. The number of aromatic hydroxyl groups is 2. The van der Waals surface area contributed by atoms with Crippen LogP contribution in [0.2, 0.25) is 5.02 Å². The lowest BCUT2D eigenvalue weighted by Gasteiger charge is -2.08. The average molecular weight is 292 g/mol. The molecule has 0 aromatic heterocycles. The highest BCUT2D eigenvalue weighted by molar-refractivity contribution is 6.30. The number of hydrogen-bond acceptors (Lipinski definition) is 3. The molecule has 2 aromatic carbocycles. The fraction of sp³-hybridized carbons (Fsp3) is 0.133. The van der Waals surface area contributed by atoms with Crippen LogP contribution in [0.4, 0.5) is 0 Å². The number of hydrogen-bond donors (Lipinski definition) is 3. The second-order valence-electron chi connectivity index (χ2n) is 4.46. The number of carbonyl (C=O) groups is 1. The van der Waals surface area contributed by atoms with E-state index in [1.807, 2.05) is 0 Å². The van der Waals surface area contributed by atoms with Crippen molar-refractivity contribution in [2.24, 2.45) is 0 Å². The Labute approximate surface area is 121 Å². The second-order valence-corrected chi connectivity index (χ2v) is 4.89. The molecule has 0 saturated carbocycles. The average Bonchev–Trinajstić information content (AvgIpc) is 2.42. The van der Waals surface area contributed by atoms with Gasteiger partial charge in [-0.05, 0) is 48.9 Å². The van der Waals surface area contributed by atoms with Crippen molar-refractivity contribution in [1.82, 2.24) is 5.32 Å². The molecule has 0 aliphatic rings. The lowest BCUT2D eigenvalue weighted by molar-refractivity contribution is 0.0950. The number of rotatable bonds is 3. The van der Waals surface area contributed by atoms with Gasteiger partial charge in [0.15, 0.2) is 0 Å². The fourth-order valence-corrected chi connectivity index (χ4v) is 1.96. The van der Waals surface area contributed by atoms with Gasteiger partial charge in [-0.2, -0.15) is 0 Å². The second kappa shape index (κ2) is 5.84. The molecular formula is C15H14ClNO3. The monoisotopic (exact) mass is 291 g/mol. The van der Waals surface area contributed by atoms with E-state index >= 15 is 0 Å². The van der Waals surface area contributed by atoms with E-state index in [2.05, 4.69) is 5.32 Å². The molecule has 0 bridgehead atoms. The molecule has 5 heteroatoms. The molecule has 0 fully saturated rings. The molecule has 0 aliphatic heterocycles. The van der Waals surface area contributed by atoms with Gasteiger partial charge in [-0.1, -0.05) is 11.6 Å². The van der Waals surface area contributed by atoms with Gasteiger partial charge in [0.1, 0.15) is 11.5 Å². The van der Waals surface area contributed by atoms with Gasteiger partial charge in [-0.3, -0.25) is 4.79 Å². The number of halogens is 1. The predicted molar refractivity (Wildman–Crippen MR) is 77.1 cm³/mol. The van der Waals surface area contributed by atoms with Crippen molar-refractivity contribution in [2.75, 3.05) is 0 Å². The van der Waals surface area contributed by atoms with Crippen LogP contribution in [0.1, 0.15) is 21.5 Å². The maximum atomic E-state index is 12.0. The van der Waals surface area contributed by atoms with Crippen molar-refractivity contribution in [2.45, 2.75) is 13.5 Å². The van der Waals surface area contributed by atoms with Crippen molar-refractivity contribution < 1.29 is 15.0 Å². The quantitative estimate of drug-likeness (QED) is 0.814. The lowest BCUT2D eigenvalue weighted by atomic mass is 10.1. The number of benzene rings is 2. The Morgan fingerprint density at radius 2 is 1.85 bits per heavy atom. The van der Waals surface area contributed by atoms with Crippen LogP contribution in [0, 0.1) is 6.92 Å². The van der Waals surface area contributed by atoms with Crippen LogP contribution in [0.3, 0.4) is 0 Å². The Hall–Kier alpha value is -2.20. The first-order valence-corrected chi connectivity index (χ1v) is 6.40. The van der Waals surface area contributed by atoms with Crippen molar-refractivity contribution in [1.29, 1.82) is 0 Å². The zero-order valence-corrected chi connectivity index (χ0v) is 11.6. The Morgan fingerprint density at radius 1 is 1.15 bits per heavy atom. The minimum atomic E-state index is -0.285. The minimum Gasteiger partial charge on any atom is -0.508 e. The highest BCUT2D eigenvalue weighted by atomic mass is 35.5. The van der Waals surface area contributed by atoms with Gasteiger partial charge < -0.3 is 15.5 Å². The smallest absolute Gasteiger partial charge is 0.251 e. The van der Waals surface area contributed by atoms with Gasteiger partial charge in [0, 0.05) is 22.7 Å². The standard InChI is InChI=1S/C15H14ClNO3/c1-9-6-10(2-4-13(9)18)15(20)17-8-11-7-12(16)3-5-14(11)19/h2-7,18-19H,8H2,1H3,(H,17,20). The number of phenols is 2. The number of aryl methyl sites for hydroxylation is 1. The van der Waals surface area contributed by atoms with Gasteiger partial charge in [0.2, 0.25) is 0 Å². The number of amides is 1. The molecule has 2 rings (SSSR count). The van der Waals surface area contributed by atoms with E-state index in [1.165, 1.54) is 18.2 Å². The van der Waals surface area contributed by atoms with Gasteiger partial charge in [-0.25, -0.2) is 0 Å². The molecule has 4 nitrogen and oxygen atoms in total. The van der Waals surface area contributed by atoms with Gasteiger partial charge in [0.05, 0.1) is 0 Å². The molecule has 0 heterocycles. The molecule has 1 amide bonds. The fourth-order valence-electron chi connectivity index (χ4n) is 1.77. The number of phenolic OH excluding ortho intramolecular Hbond substituents is 2. The highest BCUT2D eigenvalue weighted by Gasteiger charge is 2.09. The van der Waals surface area contributed by atoms with Crippen LogP contribution >= 0.6 is 11.6 Å². The molecule has 0 spiro atoms. The molecule has 2 aromatic rings. The molecule has 20 heavy (non-hydrogen) atoms. The van der Waals surface area contributed by atoms with Crippen molar-refractivity contribution in [3.05, 3.63) is 58.1 Å². The summed E-state index contributed by atoms with van der Waals surface area (Å²) in [5.41, 5.74) is 1.62. The maximum Gasteiger partial charge on any atom is 0.251 e.